The van der Waals surface area contributed by atoms with E-state index in [9.17, 15) is 21.2 Å². The minimum absolute atomic E-state index is 0.0543. The van der Waals surface area contributed by atoms with Crippen LogP contribution in [0.15, 0.2) is 28.0 Å². The van der Waals surface area contributed by atoms with Gasteiger partial charge >= 0.3 is 0 Å². The van der Waals surface area contributed by atoms with Crippen LogP contribution in [0.5, 0.6) is 0 Å². The van der Waals surface area contributed by atoms with E-state index in [0.717, 1.165) is 30.9 Å². The molecule has 1 heterocycles. The van der Waals surface area contributed by atoms with Gasteiger partial charge in [-0.25, -0.2) is 21.2 Å². The Hall–Kier alpha value is -1.03. The third-order valence-electron chi connectivity index (χ3n) is 4.10. The van der Waals surface area contributed by atoms with E-state index in [0.29, 0.717) is 13.0 Å². The number of benzene rings is 1. The Morgan fingerprint density at radius 3 is 2.48 bits per heavy atom. The zero-order valence-corrected chi connectivity index (χ0v) is 14.7. The zero-order valence-electron chi connectivity index (χ0n) is 13.1. The van der Waals surface area contributed by atoms with Crippen LogP contribution in [0, 0.1) is 11.7 Å². The standard InChI is InChI=1S/C14H21FN2O4S2/c1-10(16)11-4-3-7-17(9-11)23(20,21)12-5-6-14(13(15)8-12)22(2,18)19/h5-6,8,10-11H,3-4,7,9,16H2,1-2H3/t10-,11-/m1/s1. The second-order valence-electron chi connectivity index (χ2n) is 5.99. The third-order valence-corrected chi connectivity index (χ3v) is 7.10. The summed E-state index contributed by atoms with van der Waals surface area (Å²) in [5.74, 6) is -1.01. The van der Waals surface area contributed by atoms with Crippen molar-refractivity contribution >= 4 is 19.9 Å². The van der Waals surface area contributed by atoms with Gasteiger partial charge in [0.05, 0.1) is 4.90 Å². The summed E-state index contributed by atoms with van der Waals surface area (Å²) in [6.07, 6.45) is 2.41. The van der Waals surface area contributed by atoms with Gasteiger partial charge < -0.3 is 5.73 Å². The second-order valence-corrected chi connectivity index (χ2v) is 9.91. The molecule has 1 aliphatic rings. The van der Waals surface area contributed by atoms with Gasteiger partial charge in [-0.2, -0.15) is 4.31 Å². The lowest BCUT2D eigenvalue weighted by Crippen LogP contribution is -2.44. The molecule has 0 unspecified atom stereocenters. The third kappa shape index (κ3) is 3.90. The number of hydrogen-bond acceptors (Lipinski definition) is 5. The lowest BCUT2D eigenvalue weighted by Gasteiger charge is -2.33. The first-order valence-electron chi connectivity index (χ1n) is 7.29. The molecule has 9 heteroatoms. The Kier molecular flexibility index (Phi) is 5.15. The summed E-state index contributed by atoms with van der Waals surface area (Å²) in [6, 6.07) is 2.76. The fourth-order valence-corrected chi connectivity index (χ4v) is 4.99. The van der Waals surface area contributed by atoms with Gasteiger partial charge in [-0.15, -0.1) is 0 Å². The molecule has 1 fully saturated rings. The maximum absolute atomic E-state index is 14.0. The molecule has 2 atom stereocenters. The number of sulfonamides is 1. The van der Waals surface area contributed by atoms with E-state index in [2.05, 4.69) is 0 Å². The highest BCUT2D eigenvalue weighted by Gasteiger charge is 2.32. The summed E-state index contributed by atoms with van der Waals surface area (Å²) in [4.78, 5) is -0.753. The molecule has 1 aliphatic heterocycles. The van der Waals surface area contributed by atoms with E-state index in [1.54, 1.807) is 0 Å². The maximum atomic E-state index is 14.0. The Labute approximate surface area is 136 Å². The number of piperidine rings is 1. The molecule has 2 N–H and O–H groups in total. The lowest BCUT2D eigenvalue weighted by molar-refractivity contribution is 0.243. The van der Waals surface area contributed by atoms with E-state index in [1.165, 1.54) is 4.31 Å². The number of rotatable bonds is 4. The van der Waals surface area contributed by atoms with Crippen LogP contribution < -0.4 is 5.73 Å². The number of nitrogens with two attached hydrogens (primary N) is 1. The summed E-state index contributed by atoms with van der Waals surface area (Å²) >= 11 is 0. The van der Waals surface area contributed by atoms with E-state index in [-0.39, 0.29) is 23.4 Å². The Morgan fingerprint density at radius 1 is 1.30 bits per heavy atom. The second kappa shape index (κ2) is 6.46. The molecule has 0 aliphatic carbocycles. The van der Waals surface area contributed by atoms with Crippen LogP contribution in [0.25, 0.3) is 0 Å². The lowest BCUT2D eigenvalue weighted by atomic mass is 9.93. The van der Waals surface area contributed by atoms with Crippen molar-refractivity contribution in [1.29, 1.82) is 0 Å². The summed E-state index contributed by atoms with van der Waals surface area (Å²) in [7, 11) is -7.61. The van der Waals surface area contributed by atoms with Crippen LogP contribution in [0.3, 0.4) is 0 Å². The molecule has 0 saturated carbocycles. The average molecular weight is 364 g/mol. The van der Waals surface area contributed by atoms with Crippen LogP contribution in [0.2, 0.25) is 0 Å². The number of nitrogens with zero attached hydrogens (tertiary/aromatic N) is 1. The zero-order chi connectivity index (χ0) is 17.4. The molecular weight excluding hydrogens is 343 g/mol. The largest absolute Gasteiger partial charge is 0.328 e. The Morgan fingerprint density at radius 2 is 1.96 bits per heavy atom. The summed E-state index contributed by atoms with van der Waals surface area (Å²) in [6.45, 7) is 2.47. The van der Waals surface area contributed by atoms with Gasteiger partial charge in [0, 0.05) is 25.4 Å². The van der Waals surface area contributed by atoms with Crippen molar-refractivity contribution in [2.75, 3.05) is 19.3 Å². The van der Waals surface area contributed by atoms with E-state index < -0.39 is 30.6 Å². The highest BCUT2D eigenvalue weighted by molar-refractivity contribution is 7.90. The normalized spacial score (nSPS) is 22.0. The molecule has 23 heavy (non-hydrogen) atoms. The molecule has 0 spiro atoms. The predicted molar refractivity (Wildman–Crippen MR) is 84.6 cm³/mol. The molecule has 1 aromatic carbocycles. The SMILES string of the molecule is C[C@@H](N)[C@@H]1CCCN(S(=O)(=O)c2ccc(S(C)(=O)=O)c(F)c2)C1. The maximum Gasteiger partial charge on any atom is 0.243 e. The molecule has 0 amide bonds. The number of halogens is 1. The highest BCUT2D eigenvalue weighted by Crippen LogP contribution is 2.26. The van der Waals surface area contributed by atoms with Crippen LogP contribution in [-0.2, 0) is 19.9 Å². The van der Waals surface area contributed by atoms with Gasteiger partial charge in [0.25, 0.3) is 0 Å². The number of hydrogen-bond donors (Lipinski definition) is 1. The van der Waals surface area contributed by atoms with Gasteiger partial charge in [0.2, 0.25) is 10.0 Å². The molecular formula is C14H21FN2O4S2. The highest BCUT2D eigenvalue weighted by atomic mass is 32.2. The minimum Gasteiger partial charge on any atom is -0.328 e. The average Bonchev–Trinajstić information content (AvgIpc) is 2.45. The van der Waals surface area contributed by atoms with Crippen LogP contribution in [0.4, 0.5) is 4.39 Å². The van der Waals surface area contributed by atoms with Gasteiger partial charge in [-0.1, -0.05) is 0 Å². The van der Waals surface area contributed by atoms with Crippen molar-refractivity contribution < 1.29 is 21.2 Å². The van der Waals surface area contributed by atoms with Crippen molar-refractivity contribution in [3.63, 3.8) is 0 Å². The fraction of sp³-hybridized carbons (Fsp3) is 0.571. The van der Waals surface area contributed by atoms with Crippen molar-refractivity contribution in [3.05, 3.63) is 24.0 Å². The first-order chi connectivity index (χ1) is 10.5. The molecule has 0 bridgehead atoms. The molecule has 1 aromatic rings. The van der Waals surface area contributed by atoms with Crippen molar-refractivity contribution in [2.24, 2.45) is 11.7 Å². The topological polar surface area (TPSA) is 97.5 Å². The van der Waals surface area contributed by atoms with Crippen molar-refractivity contribution in [1.82, 2.24) is 4.31 Å². The number of sulfone groups is 1. The minimum atomic E-state index is -3.87. The fourth-order valence-electron chi connectivity index (χ4n) is 2.71. The van der Waals surface area contributed by atoms with Gasteiger partial charge in [0.15, 0.2) is 9.84 Å². The molecule has 2 rings (SSSR count). The first-order valence-corrected chi connectivity index (χ1v) is 10.6. The van der Waals surface area contributed by atoms with E-state index in [4.69, 9.17) is 5.73 Å². The quantitative estimate of drug-likeness (QED) is 0.859. The van der Waals surface area contributed by atoms with E-state index >= 15 is 0 Å². The summed E-state index contributed by atoms with van der Waals surface area (Å²) in [5, 5.41) is 0. The van der Waals surface area contributed by atoms with Gasteiger partial charge in [-0.05, 0) is 43.9 Å². The molecule has 0 radical (unpaired) electrons. The van der Waals surface area contributed by atoms with Crippen LogP contribution >= 0.6 is 0 Å². The van der Waals surface area contributed by atoms with Gasteiger partial charge in [0.1, 0.15) is 10.7 Å². The van der Waals surface area contributed by atoms with Gasteiger partial charge in [-0.3, -0.25) is 0 Å². The predicted octanol–water partition coefficient (Wildman–Crippen LogP) is 0.977. The van der Waals surface area contributed by atoms with Crippen LogP contribution in [0.1, 0.15) is 19.8 Å². The smallest absolute Gasteiger partial charge is 0.243 e. The first kappa shape index (κ1) is 18.3. The van der Waals surface area contributed by atoms with Crippen molar-refractivity contribution in [3.8, 4) is 0 Å². The molecule has 1 saturated heterocycles. The monoisotopic (exact) mass is 364 g/mol. The molecule has 6 nitrogen and oxygen atoms in total. The van der Waals surface area contributed by atoms with E-state index in [1.807, 2.05) is 6.92 Å². The molecule has 0 aromatic heterocycles. The van der Waals surface area contributed by atoms with Crippen molar-refractivity contribution in [2.45, 2.75) is 35.6 Å². The Bertz CT molecular complexity index is 791. The van der Waals surface area contributed by atoms with Crippen LogP contribution in [-0.4, -0.2) is 46.5 Å². The molecule has 130 valence electrons. The summed E-state index contributed by atoms with van der Waals surface area (Å²) < 4.78 is 63.4. The Balaban J connectivity index is 2.35. The summed E-state index contributed by atoms with van der Waals surface area (Å²) in [5.41, 5.74) is 5.85.